The third kappa shape index (κ3) is 2.52. The Hall–Kier alpha value is -1.06. The van der Waals surface area contributed by atoms with Crippen molar-refractivity contribution in [1.82, 2.24) is 10.2 Å². The molecule has 2 rings (SSSR count). The van der Waals surface area contributed by atoms with Crippen LogP contribution in [0.5, 0.6) is 0 Å². The van der Waals surface area contributed by atoms with Gasteiger partial charge in [-0.25, -0.2) is 0 Å². The van der Waals surface area contributed by atoms with Crippen molar-refractivity contribution < 1.29 is 0 Å². The smallest absolute Gasteiger partial charge is 0.0554 e. The van der Waals surface area contributed by atoms with Gasteiger partial charge in [-0.15, -0.1) is 0 Å². The van der Waals surface area contributed by atoms with Crippen LogP contribution in [0.15, 0.2) is 24.3 Å². The molecule has 0 aromatic heterocycles. The molecule has 1 fully saturated rings. The molecule has 18 heavy (non-hydrogen) atoms. The number of nitrogens with one attached hydrogen (secondary N) is 1. The second-order valence-corrected chi connectivity index (χ2v) is 5.67. The van der Waals surface area contributed by atoms with Crippen molar-refractivity contribution in [1.29, 1.82) is 0 Å². The number of nitrogens with zero attached hydrogens (tertiary/aromatic N) is 2. The minimum atomic E-state index is 0.0986. The number of benzene rings is 1. The van der Waals surface area contributed by atoms with E-state index < -0.39 is 0 Å². The fourth-order valence-corrected chi connectivity index (χ4v) is 2.60. The van der Waals surface area contributed by atoms with Gasteiger partial charge >= 0.3 is 0 Å². The zero-order valence-electron chi connectivity index (χ0n) is 12.0. The highest BCUT2D eigenvalue weighted by Crippen LogP contribution is 2.29. The molecule has 3 heteroatoms. The van der Waals surface area contributed by atoms with Crippen molar-refractivity contribution >= 4 is 5.69 Å². The molecule has 3 nitrogen and oxygen atoms in total. The van der Waals surface area contributed by atoms with Crippen LogP contribution >= 0.6 is 0 Å². The molecule has 0 radical (unpaired) electrons. The normalized spacial score (nSPS) is 25.8. The van der Waals surface area contributed by atoms with E-state index in [1.807, 2.05) is 0 Å². The second-order valence-electron chi connectivity index (χ2n) is 5.67. The van der Waals surface area contributed by atoms with E-state index in [9.17, 15) is 0 Å². The van der Waals surface area contributed by atoms with Crippen LogP contribution in [0.2, 0.25) is 0 Å². The Kier molecular flexibility index (Phi) is 3.93. The molecule has 1 aliphatic rings. The van der Waals surface area contributed by atoms with Crippen LogP contribution in [0.25, 0.3) is 0 Å². The van der Waals surface area contributed by atoms with Gasteiger partial charge in [-0.3, -0.25) is 4.90 Å². The lowest BCUT2D eigenvalue weighted by Gasteiger charge is -2.38. The zero-order valence-corrected chi connectivity index (χ0v) is 12.0. The number of likely N-dealkylation sites (N-methyl/N-ethyl adjacent to an activating group) is 1. The number of hydrogen-bond acceptors (Lipinski definition) is 3. The van der Waals surface area contributed by atoms with E-state index in [-0.39, 0.29) is 5.54 Å². The lowest BCUT2D eigenvalue weighted by atomic mass is 9.90. The van der Waals surface area contributed by atoms with Gasteiger partial charge in [-0.05, 0) is 51.2 Å². The van der Waals surface area contributed by atoms with Crippen LogP contribution in [0.4, 0.5) is 5.69 Å². The van der Waals surface area contributed by atoms with E-state index in [0.29, 0.717) is 0 Å². The predicted molar refractivity (Wildman–Crippen MR) is 78.2 cm³/mol. The summed E-state index contributed by atoms with van der Waals surface area (Å²) in [5.74, 6) is 0. The summed E-state index contributed by atoms with van der Waals surface area (Å²) in [6.45, 7) is 5.62. The molecule has 1 unspecified atom stereocenters. The average Bonchev–Trinajstić information content (AvgIpc) is 2.53. The largest absolute Gasteiger partial charge is 0.378 e. The fraction of sp³-hybridized carbons (Fsp3) is 0.600. The van der Waals surface area contributed by atoms with Gasteiger partial charge in [0.15, 0.2) is 0 Å². The van der Waals surface area contributed by atoms with Gasteiger partial charge in [0, 0.05) is 26.3 Å². The summed E-state index contributed by atoms with van der Waals surface area (Å²) >= 11 is 0. The molecule has 1 saturated heterocycles. The Morgan fingerprint density at radius 3 is 2.50 bits per heavy atom. The minimum absolute atomic E-state index is 0.0986. The van der Waals surface area contributed by atoms with Crippen LogP contribution in [-0.4, -0.2) is 45.7 Å². The number of rotatable bonds is 2. The molecule has 1 N–H and O–H groups in total. The van der Waals surface area contributed by atoms with Crippen molar-refractivity contribution in [2.75, 3.05) is 45.7 Å². The minimum Gasteiger partial charge on any atom is -0.378 e. The molecule has 0 amide bonds. The van der Waals surface area contributed by atoms with Crippen molar-refractivity contribution in [2.45, 2.75) is 18.9 Å². The quantitative estimate of drug-likeness (QED) is 0.861. The van der Waals surface area contributed by atoms with Crippen LogP contribution < -0.4 is 10.2 Å². The summed E-state index contributed by atoms with van der Waals surface area (Å²) in [7, 11) is 6.39. The summed E-state index contributed by atoms with van der Waals surface area (Å²) in [6, 6.07) is 8.94. The standard InChI is InChI=1S/C15H25N3/c1-15(12-16-10-5-11-18(15)4)13-6-8-14(9-7-13)17(2)3/h6-9,16H,5,10-12H2,1-4H3. The van der Waals surface area contributed by atoms with Crippen LogP contribution in [0.3, 0.4) is 0 Å². The summed E-state index contributed by atoms with van der Waals surface area (Å²) in [5.41, 5.74) is 2.75. The zero-order chi connectivity index (χ0) is 13.2. The van der Waals surface area contributed by atoms with Gasteiger partial charge in [0.2, 0.25) is 0 Å². The molecule has 100 valence electrons. The summed E-state index contributed by atoms with van der Waals surface area (Å²) in [6.07, 6.45) is 1.22. The van der Waals surface area contributed by atoms with E-state index in [4.69, 9.17) is 0 Å². The van der Waals surface area contributed by atoms with E-state index in [0.717, 1.165) is 19.6 Å². The molecule has 1 aromatic rings. The van der Waals surface area contributed by atoms with E-state index in [1.54, 1.807) is 0 Å². The van der Waals surface area contributed by atoms with Gasteiger partial charge in [0.1, 0.15) is 0 Å². The van der Waals surface area contributed by atoms with Crippen LogP contribution in [0, 0.1) is 0 Å². The first-order valence-electron chi connectivity index (χ1n) is 6.74. The highest BCUT2D eigenvalue weighted by atomic mass is 15.2. The van der Waals surface area contributed by atoms with E-state index in [2.05, 4.69) is 67.4 Å². The predicted octanol–water partition coefficient (Wildman–Crippen LogP) is 1.89. The Labute approximate surface area is 111 Å². The van der Waals surface area contributed by atoms with Gasteiger partial charge in [-0.1, -0.05) is 12.1 Å². The fourth-order valence-electron chi connectivity index (χ4n) is 2.60. The maximum atomic E-state index is 3.55. The Morgan fingerprint density at radius 1 is 1.22 bits per heavy atom. The van der Waals surface area contributed by atoms with Gasteiger partial charge in [-0.2, -0.15) is 0 Å². The monoisotopic (exact) mass is 247 g/mol. The lowest BCUT2D eigenvalue weighted by molar-refractivity contribution is 0.151. The van der Waals surface area contributed by atoms with Crippen LogP contribution in [-0.2, 0) is 5.54 Å². The van der Waals surface area contributed by atoms with Crippen LogP contribution in [0.1, 0.15) is 18.9 Å². The molecule has 1 aromatic carbocycles. The van der Waals surface area contributed by atoms with Crippen molar-refractivity contribution in [3.63, 3.8) is 0 Å². The molecule has 0 aliphatic carbocycles. The summed E-state index contributed by atoms with van der Waals surface area (Å²) in [4.78, 5) is 4.61. The molecule has 0 spiro atoms. The van der Waals surface area contributed by atoms with Gasteiger partial charge in [0.05, 0.1) is 5.54 Å². The Morgan fingerprint density at radius 2 is 1.89 bits per heavy atom. The van der Waals surface area contributed by atoms with Crippen molar-refractivity contribution in [2.24, 2.45) is 0 Å². The third-order valence-corrected chi connectivity index (χ3v) is 4.16. The first-order valence-corrected chi connectivity index (χ1v) is 6.74. The molecular formula is C15H25N3. The number of hydrogen-bond donors (Lipinski definition) is 1. The van der Waals surface area contributed by atoms with Gasteiger partial charge < -0.3 is 10.2 Å². The summed E-state index contributed by atoms with van der Waals surface area (Å²) < 4.78 is 0. The maximum Gasteiger partial charge on any atom is 0.0554 e. The van der Waals surface area contributed by atoms with Gasteiger partial charge in [0.25, 0.3) is 0 Å². The molecule has 1 atom stereocenters. The lowest BCUT2D eigenvalue weighted by Crippen LogP contribution is -2.46. The molecular weight excluding hydrogens is 222 g/mol. The number of anilines is 1. The Balaban J connectivity index is 2.27. The molecule has 0 bridgehead atoms. The van der Waals surface area contributed by atoms with Crippen molar-refractivity contribution in [3.05, 3.63) is 29.8 Å². The highest BCUT2D eigenvalue weighted by molar-refractivity contribution is 5.47. The molecule has 1 aliphatic heterocycles. The first kappa shape index (κ1) is 13.4. The maximum absolute atomic E-state index is 3.55. The molecule has 0 saturated carbocycles. The third-order valence-electron chi connectivity index (χ3n) is 4.16. The second kappa shape index (κ2) is 5.29. The van der Waals surface area contributed by atoms with E-state index >= 15 is 0 Å². The Bertz CT molecular complexity index is 385. The first-order chi connectivity index (χ1) is 8.54. The highest BCUT2D eigenvalue weighted by Gasteiger charge is 2.32. The molecule has 1 heterocycles. The van der Waals surface area contributed by atoms with Crippen molar-refractivity contribution in [3.8, 4) is 0 Å². The SMILES string of the molecule is CN(C)c1ccc(C2(C)CNCCCN2C)cc1. The topological polar surface area (TPSA) is 18.5 Å². The average molecular weight is 247 g/mol. The van der Waals surface area contributed by atoms with E-state index in [1.165, 1.54) is 17.7 Å². The summed E-state index contributed by atoms with van der Waals surface area (Å²) in [5, 5.41) is 3.55.